The third kappa shape index (κ3) is 0.884. The van der Waals surface area contributed by atoms with Crippen LogP contribution in [0, 0.1) is 0 Å². The van der Waals surface area contributed by atoms with Gasteiger partial charge >= 0.3 is 0 Å². The minimum atomic E-state index is 0.221. The summed E-state index contributed by atoms with van der Waals surface area (Å²) in [6.07, 6.45) is 8.98. The second kappa shape index (κ2) is 2.10. The molecule has 0 aromatic rings. The Kier molecular flexibility index (Phi) is 1.22. The van der Waals surface area contributed by atoms with Crippen LogP contribution in [-0.2, 0) is 9.47 Å². The molecule has 2 aliphatic heterocycles. The van der Waals surface area contributed by atoms with Crippen LogP contribution in [-0.4, -0.2) is 22.1 Å². The maximum Gasteiger partial charge on any atom is 0.143 e. The second-order valence-electron chi connectivity index (χ2n) is 4.72. The lowest BCUT2D eigenvalue weighted by Crippen LogP contribution is -2.14. The number of epoxide rings is 2. The standard InChI is InChI=1S/C10H14O2S/c1-3-7-9(5-1,11-7)13-10-6-2-4-8(10)12-10/h7-8H,1-6H2. The average Bonchev–Trinajstić information content (AvgIpc) is 2.88. The molecule has 0 N–H and O–H groups in total. The van der Waals surface area contributed by atoms with Crippen molar-refractivity contribution >= 4 is 11.8 Å². The number of fused-ring (bicyclic) bond motifs is 2. The highest BCUT2D eigenvalue weighted by Crippen LogP contribution is 2.68. The van der Waals surface area contributed by atoms with E-state index in [-0.39, 0.29) is 9.87 Å². The van der Waals surface area contributed by atoms with E-state index in [0.717, 1.165) is 0 Å². The van der Waals surface area contributed by atoms with Crippen LogP contribution in [0.5, 0.6) is 0 Å². The lowest BCUT2D eigenvalue weighted by Gasteiger charge is -2.13. The van der Waals surface area contributed by atoms with E-state index in [1.165, 1.54) is 38.5 Å². The Morgan fingerprint density at radius 2 is 1.46 bits per heavy atom. The quantitative estimate of drug-likeness (QED) is 0.636. The largest absolute Gasteiger partial charge is 0.354 e. The maximum atomic E-state index is 5.78. The highest BCUT2D eigenvalue weighted by Gasteiger charge is 2.70. The predicted molar refractivity (Wildman–Crippen MR) is 50.5 cm³/mol. The molecule has 0 aromatic carbocycles. The number of ether oxygens (including phenoxy) is 2. The molecule has 2 nitrogen and oxygen atoms in total. The first-order valence-corrected chi connectivity index (χ1v) is 6.21. The van der Waals surface area contributed by atoms with Crippen molar-refractivity contribution in [3.63, 3.8) is 0 Å². The van der Waals surface area contributed by atoms with E-state index in [2.05, 4.69) is 0 Å². The van der Waals surface area contributed by atoms with Gasteiger partial charge in [-0.05, 0) is 38.5 Å². The van der Waals surface area contributed by atoms with Crippen molar-refractivity contribution < 1.29 is 9.47 Å². The Morgan fingerprint density at radius 1 is 0.923 bits per heavy atom. The Bertz CT molecular complexity index is 244. The SMILES string of the molecule is C1CC2OC2(SC23CCCC2O3)C1. The summed E-state index contributed by atoms with van der Waals surface area (Å²) in [6.45, 7) is 0. The van der Waals surface area contributed by atoms with Crippen molar-refractivity contribution in [2.24, 2.45) is 0 Å². The van der Waals surface area contributed by atoms with Gasteiger partial charge in [-0.3, -0.25) is 0 Å². The van der Waals surface area contributed by atoms with Crippen LogP contribution in [0.1, 0.15) is 38.5 Å². The molecule has 13 heavy (non-hydrogen) atoms. The smallest absolute Gasteiger partial charge is 0.143 e. The molecule has 0 radical (unpaired) electrons. The Hall–Kier alpha value is 0.270. The highest BCUT2D eigenvalue weighted by atomic mass is 32.2. The zero-order valence-corrected chi connectivity index (χ0v) is 8.44. The Balaban J connectivity index is 1.53. The fourth-order valence-electron chi connectivity index (χ4n) is 3.05. The molecule has 0 aromatic heterocycles. The molecule has 4 aliphatic rings. The summed E-state index contributed by atoms with van der Waals surface area (Å²) in [6, 6.07) is 0. The monoisotopic (exact) mass is 198 g/mol. The summed E-state index contributed by atoms with van der Waals surface area (Å²) in [7, 11) is 0. The van der Waals surface area contributed by atoms with E-state index in [1.54, 1.807) is 0 Å². The van der Waals surface area contributed by atoms with Gasteiger partial charge < -0.3 is 9.47 Å². The minimum absolute atomic E-state index is 0.221. The van der Waals surface area contributed by atoms with Crippen molar-refractivity contribution in [3.05, 3.63) is 0 Å². The lowest BCUT2D eigenvalue weighted by molar-refractivity contribution is 0.291. The lowest BCUT2D eigenvalue weighted by atomic mass is 10.3. The molecule has 2 aliphatic carbocycles. The fourth-order valence-corrected chi connectivity index (χ4v) is 4.96. The van der Waals surface area contributed by atoms with Crippen molar-refractivity contribution in [2.75, 3.05) is 0 Å². The summed E-state index contributed by atoms with van der Waals surface area (Å²) in [5.41, 5.74) is 0. The molecule has 3 heteroatoms. The number of thioether (sulfide) groups is 1. The third-order valence-electron chi connectivity index (χ3n) is 3.88. The molecular weight excluding hydrogens is 184 g/mol. The van der Waals surface area contributed by atoms with E-state index < -0.39 is 0 Å². The zero-order valence-electron chi connectivity index (χ0n) is 7.62. The number of hydrogen-bond acceptors (Lipinski definition) is 3. The minimum Gasteiger partial charge on any atom is -0.354 e. The first kappa shape index (κ1) is 7.55. The van der Waals surface area contributed by atoms with Gasteiger partial charge in [-0.2, -0.15) is 0 Å². The predicted octanol–water partition coefficient (Wildman–Crippen LogP) is 2.28. The van der Waals surface area contributed by atoms with Gasteiger partial charge in [-0.1, -0.05) is 11.8 Å². The molecular formula is C10H14O2S. The molecule has 4 fully saturated rings. The number of rotatable bonds is 2. The fraction of sp³-hybridized carbons (Fsp3) is 1.00. The molecule has 0 bridgehead atoms. The van der Waals surface area contributed by atoms with Gasteiger partial charge in [0.15, 0.2) is 0 Å². The van der Waals surface area contributed by atoms with E-state index in [9.17, 15) is 0 Å². The van der Waals surface area contributed by atoms with Crippen LogP contribution in [0.15, 0.2) is 0 Å². The zero-order chi connectivity index (χ0) is 8.52. The van der Waals surface area contributed by atoms with Crippen LogP contribution in [0.2, 0.25) is 0 Å². The first-order chi connectivity index (χ1) is 6.33. The van der Waals surface area contributed by atoms with Crippen LogP contribution >= 0.6 is 11.8 Å². The molecule has 2 saturated carbocycles. The molecule has 72 valence electrons. The van der Waals surface area contributed by atoms with Gasteiger partial charge in [-0.25, -0.2) is 0 Å². The van der Waals surface area contributed by atoms with E-state index in [1.807, 2.05) is 11.8 Å². The van der Waals surface area contributed by atoms with Crippen molar-refractivity contribution in [1.82, 2.24) is 0 Å². The van der Waals surface area contributed by atoms with Gasteiger partial charge in [0.05, 0.1) is 12.2 Å². The van der Waals surface area contributed by atoms with E-state index >= 15 is 0 Å². The molecule has 4 atom stereocenters. The third-order valence-corrected chi connectivity index (χ3v) is 5.70. The van der Waals surface area contributed by atoms with E-state index in [0.29, 0.717) is 12.2 Å². The molecule has 0 spiro atoms. The summed E-state index contributed by atoms with van der Waals surface area (Å²) < 4.78 is 11.6. The van der Waals surface area contributed by atoms with Crippen molar-refractivity contribution in [1.29, 1.82) is 0 Å². The number of hydrogen-bond donors (Lipinski definition) is 0. The normalized spacial score (nSPS) is 61.8. The van der Waals surface area contributed by atoms with Crippen LogP contribution in [0.3, 0.4) is 0 Å². The van der Waals surface area contributed by atoms with Gasteiger partial charge in [0, 0.05) is 0 Å². The summed E-state index contributed by atoms with van der Waals surface area (Å²) >= 11 is 2.02. The molecule has 2 heterocycles. The first-order valence-electron chi connectivity index (χ1n) is 5.39. The van der Waals surface area contributed by atoms with Gasteiger partial charge in [0.2, 0.25) is 0 Å². The molecule has 2 saturated heterocycles. The molecule has 0 amide bonds. The van der Waals surface area contributed by atoms with Gasteiger partial charge in [-0.15, -0.1) is 0 Å². The second-order valence-corrected chi connectivity index (χ2v) is 6.31. The summed E-state index contributed by atoms with van der Waals surface area (Å²) in [4.78, 5) is 0.443. The Morgan fingerprint density at radius 3 is 1.77 bits per heavy atom. The summed E-state index contributed by atoms with van der Waals surface area (Å²) in [5.74, 6) is 0. The van der Waals surface area contributed by atoms with Crippen molar-refractivity contribution in [2.45, 2.75) is 60.6 Å². The van der Waals surface area contributed by atoms with Crippen LogP contribution in [0.25, 0.3) is 0 Å². The van der Waals surface area contributed by atoms with Gasteiger partial charge in [0.25, 0.3) is 0 Å². The van der Waals surface area contributed by atoms with Crippen molar-refractivity contribution in [3.8, 4) is 0 Å². The van der Waals surface area contributed by atoms with E-state index in [4.69, 9.17) is 9.47 Å². The topological polar surface area (TPSA) is 25.1 Å². The average molecular weight is 198 g/mol. The highest BCUT2D eigenvalue weighted by molar-refractivity contribution is 8.02. The maximum absolute atomic E-state index is 5.78. The molecule has 4 rings (SSSR count). The van der Waals surface area contributed by atoms with Crippen LogP contribution < -0.4 is 0 Å². The van der Waals surface area contributed by atoms with Crippen LogP contribution in [0.4, 0.5) is 0 Å². The Labute approximate surface area is 82.4 Å². The molecule has 4 unspecified atom stereocenters. The van der Waals surface area contributed by atoms with Gasteiger partial charge in [0.1, 0.15) is 9.87 Å². The summed E-state index contributed by atoms with van der Waals surface area (Å²) in [5, 5.41) is 0.